The quantitative estimate of drug-likeness (QED) is 0.853. The average Bonchev–Trinajstić information content (AvgIpc) is 2.45. The SMILES string of the molecule is Cc1cc(N(C)C)nc(CNS(=O)(=O)c2ccccc2Br)n1. The smallest absolute Gasteiger partial charge is 0.242 e. The van der Waals surface area contributed by atoms with Gasteiger partial charge in [0.05, 0.1) is 11.4 Å². The van der Waals surface area contributed by atoms with Crippen LogP contribution in [0.3, 0.4) is 0 Å². The van der Waals surface area contributed by atoms with Crippen LogP contribution >= 0.6 is 15.9 Å². The molecule has 6 nitrogen and oxygen atoms in total. The van der Waals surface area contributed by atoms with E-state index >= 15 is 0 Å². The zero-order chi connectivity index (χ0) is 16.3. The third-order valence-electron chi connectivity index (χ3n) is 2.89. The van der Waals surface area contributed by atoms with E-state index < -0.39 is 10.0 Å². The van der Waals surface area contributed by atoms with Gasteiger partial charge in [-0.1, -0.05) is 12.1 Å². The Hall–Kier alpha value is -1.51. The van der Waals surface area contributed by atoms with Crippen molar-refractivity contribution in [3.05, 3.63) is 46.3 Å². The Labute approximate surface area is 138 Å². The third kappa shape index (κ3) is 4.02. The van der Waals surface area contributed by atoms with Gasteiger partial charge >= 0.3 is 0 Å². The molecule has 1 N–H and O–H groups in total. The van der Waals surface area contributed by atoms with Crippen LogP contribution in [0.25, 0.3) is 0 Å². The molecular formula is C14H17BrN4O2S. The highest BCUT2D eigenvalue weighted by atomic mass is 79.9. The van der Waals surface area contributed by atoms with Gasteiger partial charge in [-0.05, 0) is 35.0 Å². The predicted octanol–water partition coefficient (Wildman–Crippen LogP) is 2.09. The maximum Gasteiger partial charge on any atom is 0.242 e. The molecule has 0 aliphatic carbocycles. The molecule has 0 bridgehead atoms. The van der Waals surface area contributed by atoms with E-state index in [9.17, 15) is 8.42 Å². The summed E-state index contributed by atoms with van der Waals surface area (Å²) in [6.07, 6.45) is 0. The molecular weight excluding hydrogens is 368 g/mol. The van der Waals surface area contributed by atoms with E-state index in [1.54, 1.807) is 18.2 Å². The fourth-order valence-electron chi connectivity index (χ4n) is 1.82. The second kappa shape index (κ2) is 6.72. The number of anilines is 1. The molecule has 0 saturated carbocycles. The van der Waals surface area contributed by atoms with Gasteiger partial charge in [0.15, 0.2) is 0 Å². The number of nitrogens with one attached hydrogen (secondary N) is 1. The lowest BCUT2D eigenvalue weighted by Crippen LogP contribution is -2.25. The van der Waals surface area contributed by atoms with Crippen molar-refractivity contribution in [2.24, 2.45) is 0 Å². The lowest BCUT2D eigenvalue weighted by molar-refractivity contribution is 0.578. The van der Waals surface area contributed by atoms with Crippen molar-refractivity contribution in [2.75, 3.05) is 19.0 Å². The van der Waals surface area contributed by atoms with Crippen LogP contribution in [0.15, 0.2) is 39.7 Å². The highest BCUT2D eigenvalue weighted by molar-refractivity contribution is 9.10. The first-order chi connectivity index (χ1) is 10.3. The van der Waals surface area contributed by atoms with E-state index in [2.05, 4.69) is 30.6 Å². The van der Waals surface area contributed by atoms with Gasteiger partial charge in [0.2, 0.25) is 10.0 Å². The van der Waals surface area contributed by atoms with Gasteiger partial charge in [0.25, 0.3) is 0 Å². The predicted molar refractivity (Wildman–Crippen MR) is 89.3 cm³/mol. The summed E-state index contributed by atoms with van der Waals surface area (Å²) in [5, 5.41) is 0. The molecule has 22 heavy (non-hydrogen) atoms. The molecule has 1 aromatic heterocycles. The van der Waals surface area contributed by atoms with Crippen molar-refractivity contribution in [3.8, 4) is 0 Å². The van der Waals surface area contributed by atoms with Crippen LogP contribution in [-0.2, 0) is 16.6 Å². The fourth-order valence-corrected chi connectivity index (χ4v) is 3.80. The molecule has 0 spiro atoms. The maximum absolute atomic E-state index is 12.3. The van der Waals surface area contributed by atoms with Gasteiger partial charge < -0.3 is 4.90 Å². The maximum atomic E-state index is 12.3. The Balaban J connectivity index is 2.21. The molecule has 0 atom stereocenters. The molecule has 118 valence electrons. The summed E-state index contributed by atoms with van der Waals surface area (Å²) in [5.74, 6) is 1.17. The summed E-state index contributed by atoms with van der Waals surface area (Å²) in [4.78, 5) is 10.6. The van der Waals surface area contributed by atoms with E-state index in [0.717, 1.165) is 11.5 Å². The van der Waals surface area contributed by atoms with Gasteiger partial charge in [-0.3, -0.25) is 0 Å². The lowest BCUT2D eigenvalue weighted by Gasteiger charge is -2.13. The molecule has 0 radical (unpaired) electrons. The molecule has 0 amide bonds. The van der Waals surface area contributed by atoms with Crippen LogP contribution in [0.1, 0.15) is 11.5 Å². The van der Waals surface area contributed by atoms with Crippen molar-refractivity contribution in [1.29, 1.82) is 0 Å². The van der Waals surface area contributed by atoms with Gasteiger partial charge in [-0.25, -0.2) is 23.1 Å². The second-order valence-corrected chi connectivity index (χ2v) is 7.52. The zero-order valence-corrected chi connectivity index (χ0v) is 14.9. The standard InChI is InChI=1S/C14H17BrN4O2S/c1-10-8-14(19(2)3)18-13(17-10)9-16-22(20,21)12-7-5-4-6-11(12)15/h4-8,16H,9H2,1-3H3. The highest BCUT2D eigenvalue weighted by Gasteiger charge is 2.17. The van der Waals surface area contributed by atoms with E-state index in [1.807, 2.05) is 32.0 Å². The largest absolute Gasteiger partial charge is 0.363 e. The van der Waals surface area contributed by atoms with E-state index in [0.29, 0.717) is 10.3 Å². The Bertz CT molecular complexity index is 778. The first-order valence-corrected chi connectivity index (χ1v) is 8.83. The van der Waals surface area contributed by atoms with Crippen LogP contribution in [0.5, 0.6) is 0 Å². The van der Waals surface area contributed by atoms with Crippen LogP contribution in [0.2, 0.25) is 0 Å². The van der Waals surface area contributed by atoms with Crippen LogP contribution in [0.4, 0.5) is 5.82 Å². The van der Waals surface area contributed by atoms with Gasteiger partial charge in [0, 0.05) is 30.3 Å². The fraction of sp³-hybridized carbons (Fsp3) is 0.286. The molecule has 8 heteroatoms. The second-order valence-electron chi connectivity index (χ2n) is 4.93. The molecule has 2 rings (SSSR count). The van der Waals surface area contributed by atoms with Crippen molar-refractivity contribution >= 4 is 31.8 Å². The highest BCUT2D eigenvalue weighted by Crippen LogP contribution is 2.21. The van der Waals surface area contributed by atoms with Gasteiger partial charge in [-0.2, -0.15) is 0 Å². The normalized spacial score (nSPS) is 11.5. The number of aromatic nitrogens is 2. The summed E-state index contributed by atoms with van der Waals surface area (Å²) in [6.45, 7) is 1.88. The van der Waals surface area contributed by atoms with Crippen LogP contribution in [-0.4, -0.2) is 32.5 Å². The molecule has 1 heterocycles. The molecule has 0 fully saturated rings. The first kappa shape index (κ1) is 16.9. The summed E-state index contributed by atoms with van der Waals surface area (Å²) in [6, 6.07) is 8.49. The molecule has 0 aliphatic rings. The molecule has 0 aliphatic heterocycles. The number of hydrogen-bond acceptors (Lipinski definition) is 5. The molecule has 0 unspecified atom stereocenters. The third-order valence-corrected chi connectivity index (χ3v) is 5.31. The number of rotatable bonds is 5. The van der Waals surface area contributed by atoms with Gasteiger partial charge in [0.1, 0.15) is 11.6 Å². The average molecular weight is 385 g/mol. The summed E-state index contributed by atoms with van der Waals surface area (Å²) in [5.41, 5.74) is 0.786. The topological polar surface area (TPSA) is 75.2 Å². The van der Waals surface area contributed by atoms with E-state index in [4.69, 9.17) is 0 Å². The van der Waals surface area contributed by atoms with Crippen molar-refractivity contribution < 1.29 is 8.42 Å². The first-order valence-electron chi connectivity index (χ1n) is 6.55. The summed E-state index contributed by atoms with van der Waals surface area (Å²) >= 11 is 3.24. The van der Waals surface area contributed by atoms with E-state index in [-0.39, 0.29) is 11.4 Å². The minimum Gasteiger partial charge on any atom is -0.363 e. The van der Waals surface area contributed by atoms with Crippen molar-refractivity contribution in [1.82, 2.24) is 14.7 Å². The number of nitrogens with zero attached hydrogens (tertiary/aromatic N) is 3. The molecule has 1 aromatic carbocycles. The monoisotopic (exact) mass is 384 g/mol. The molecule has 2 aromatic rings. The van der Waals surface area contributed by atoms with Gasteiger partial charge in [-0.15, -0.1) is 0 Å². The number of hydrogen-bond donors (Lipinski definition) is 1. The molecule has 0 saturated heterocycles. The zero-order valence-electron chi connectivity index (χ0n) is 12.5. The van der Waals surface area contributed by atoms with E-state index in [1.165, 1.54) is 6.07 Å². The Morgan fingerprint density at radius 2 is 1.91 bits per heavy atom. The Kier molecular flexibility index (Phi) is 5.15. The van der Waals surface area contributed by atoms with Crippen molar-refractivity contribution in [3.63, 3.8) is 0 Å². The number of halogens is 1. The summed E-state index contributed by atoms with van der Waals surface area (Å²) in [7, 11) is 0.118. The van der Waals surface area contributed by atoms with Crippen LogP contribution in [0, 0.1) is 6.92 Å². The number of aryl methyl sites for hydroxylation is 1. The Morgan fingerprint density at radius 3 is 2.55 bits per heavy atom. The number of benzene rings is 1. The minimum absolute atomic E-state index is 0.0339. The lowest BCUT2D eigenvalue weighted by atomic mass is 10.4. The van der Waals surface area contributed by atoms with Crippen LogP contribution < -0.4 is 9.62 Å². The summed E-state index contributed by atoms with van der Waals surface area (Å²) < 4.78 is 27.7. The van der Waals surface area contributed by atoms with Crippen molar-refractivity contribution in [2.45, 2.75) is 18.4 Å². The Morgan fingerprint density at radius 1 is 1.23 bits per heavy atom. The minimum atomic E-state index is -3.63. The number of sulfonamides is 1.